The van der Waals surface area contributed by atoms with Crippen molar-refractivity contribution in [2.75, 3.05) is 12.4 Å². The Morgan fingerprint density at radius 3 is 2.77 bits per heavy atom. The molecule has 0 aliphatic rings. The normalized spacial score (nSPS) is 11.5. The van der Waals surface area contributed by atoms with Gasteiger partial charge in [0.05, 0.1) is 12.4 Å². The summed E-state index contributed by atoms with van der Waals surface area (Å²) < 4.78 is 23.0. The molecule has 0 aromatic carbocycles. The van der Waals surface area contributed by atoms with E-state index < -0.39 is 16.4 Å². The smallest absolute Gasteiger partial charge is 0.199 e. The Morgan fingerprint density at radius 1 is 1.54 bits per heavy atom. The minimum atomic E-state index is -3.50. The van der Waals surface area contributed by atoms with Crippen LogP contribution >= 0.6 is 0 Å². The number of sulfone groups is 1. The van der Waals surface area contributed by atoms with E-state index in [0.717, 1.165) is 6.20 Å². The molecule has 6 heteroatoms. The maximum Gasteiger partial charge on any atom is 0.199 e. The van der Waals surface area contributed by atoms with Gasteiger partial charge in [-0.2, -0.15) is 4.73 Å². The molecule has 0 fully saturated rings. The molecule has 0 aliphatic heterocycles. The predicted octanol–water partition coefficient (Wildman–Crippen LogP) is -0.914. The van der Waals surface area contributed by atoms with E-state index in [1.807, 2.05) is 0 Å². The minimum absolute atomic E-state index is 0.0703. The fraction of sp³-hybridized carbons (Fsp3) is 0.286. The summed E-state index contributed by atoms with van der Waals surface area (Å²) in [5, 5.41) is 19.2. The molecule has 0 radical (unpaired) electrons. The van der Waals surface area contributed by atoms with Crippen molar-refractivity contribution in [1.82, 2.24) is 0 Å². The Labute approximate surface area is 75.8 Å². The Balaban J connectivity index is 3.08. The van der Waals surface area contributed by atoms with Gasteiger partial charge in [0.25, 0.3) is 0 Å². The summed E-state index contributed by atoms with van der Waals surface area (Å²) in [6.07, 6.45) is 2.16. The van der Waals surface area contributed by atoms with Crippen LogP contribution in [-0.2, 0) is 9.84 Å². The molecule has 0 atom stereocenters. The SMILES string of the molecule is O=S(=O)(CCO)c1ccc[n+]([O-])c1. The molecular formula is C7H9NO4S. The lowest BCUT2D eigenvalue weighted by atomic mass is 10.5. The van der Waals surface area contributed by atoms with Crippen LogP contribution in [0.15, 0.2) is 29.4 Å². The van der Waals surface area contributed by atoms with Crippen LogP contribution in [0.4, 0.5) is 0 Å². The van der Waals surface area contributed by atoms with Gasteiger partial charge in [-0.1, -0.05) is 0 Å². The zero-order chi connectivity index (χ0) is 9.90. The van der Waals surface area contributed by atoms with Crippen LogP contribution in [0.25, 0.3) is 0 Å². The number of aliphatic hydroxyl groups excluding tert-OH is 1. The molecule has 1 rings (SSSR count). The van der Waals surface area contributed by atoms with E-state index >= 15 is 0 Å². The second-order valence-electron chi connectivity index (χ2n) is 2.44. The van der Waals surface area contributed by atoms with Crippen LogP contribution in [0.3, 0.4) is 0 Å². The van der Waals surface area contributed by atoms with E-state index in [2.05, 4.69) is 0 Å². The molecule has 0 unspecified atom stereocenters. The van der Waals surface area contributed by atoms with E-state index in [4.69, 9.17) is 5.11 Å². The van der Waals surface area contributed by atoms with Crippen molar-refractivity contribution in [1.29, 1.82) is 0 Å². The summed E-state index contributed by atoms with van der Waals surface area (Å²) in [6.45, 7) is -0.448. The molecule has 0 saturated carbocycles. The highest BCUT2D eigenvalue weighted by Gasteiger charge is 2.15. The summed E-state index contributed by atoms with van der Waals surface area (Å²) >= 11 is 0. The average molecular weight is 203 g/mol. The second kappa shape index (κ2) is 3.71. The third-order valence-corrected chi connectivity index (χ3v) is 3.15. The van der Waals surface area contributed by atoms with Gasteiger partial charge >= 0.3 is 0 Å². The Hall–Kier alpha value is -1.14. The number of aromatic nitrogens is 1. The second-order valence-corrected chi connectivity index (χ2v) is 4.55. The van der Waals surface area contributed by atoms with Crippen LogP contribution in [-0.4, -0.2) is 25.9 Å². The van der Waals surface area contributed by atoms with E-state index in [-0.39, 0.29) is 10.6 Å². The van der Waals surface area contributed by atoms with Crippen LogP contribution in [0.5, 0.6) is 0 Å². The molecule has 0 saturated heterocycles. The third kappa shape index (κ3) is 2.40. The van der Waals surface area contributed by atoms with Crippen LogP contribution < -0.4 is 4.73 Å². The number of hydrogen-bond donors (Lipinski definition) is 1. The van der Waals surface area contributed by atoms with Crippen LogP contribution in [0, 0.1) is 5.21 Å². The summed E-state index contributed by atoms with van der Waals surface area (Å²) in [7, 11) is -3.50. The van der Waals surface area contributed by atoms with Gasteiger partial charge in [0.15, 0.2) is 22.2 Å². The summed E-state index contributed by atoms with van der Waals surface area (Å²) in [4.78, 5) is -0.0703. The Bertz CT molecular complexity index is 387. The van der Waals surface area contributed by atoms with Crippen molar-refractivity contribution in [3.8, 4) is 0 Å². The first kappa shape index (κ1) is 9.94. The van der Waals surface area contributed by atoms with Crippen molar-refractivity contribution < 1.29 is 18.3 Å². The maximum atomic E-state index is 11.3. The van der Waals surface area contributed by atoms with Gasteiger partial charge < -0.3 is 10.3 Å². The monoisotopic (exact) mass is 203 g/mol. The highest BCUT2D eigenvalue weighted by atomic mass is 32.2. The largest absolute Gasteiger partial charge is 0.619 e. The first-order valence-electron chi connectivity index (χ1n) is 3.59. The van der Waals surface area contributed by atoms with Gasteiger partial charge in [-0.15, -0.1) is 0 Å². The van der Waals surface area contributed by atoms with Crippen molar-refractivity contribution in [2.45, 2.75) is 4.90 Å². The Morgan fingerprint density at radius 2 is 2.23 bits per heavy atom. The molecule has 0 aliphatic carbocycles. The molecule has 72 valence electrons. The van der Waals surface area contributed by atoms with Crippen LogP contribution in [0.1, 0.15) is 0 Å². The topological polar surface area (TPSA) is 81.3 Å². The van der Waals surface area contributed by atoms with E-state index in [1.54, 1.807) is 0 Å². The summed E-state index contributed by atoms with van der Waals surface area (Å²) in [5.41, 5.74) is 0. The molecule has 0 spiro atoms. The zero-order valence-electron chi connectivity index (χ0n) is 6.75. The molecule has 1 N–H and O–H groups in total. The lowest BCUT2D eigenvalue weighted by Crippen LogP contribution is -2.26. The number of nitrogens with zero attached hydrogens (tertiary/aromatic N) is 1. The fourth-order valence-electron chi connectivity index (χ4n) is 0.856. The van der Waals surface area contributed by atoms with Crippen molar-refractivity contribution in [2.24, 2.45) is 0 Å². The zero-order valence-corrected chi connectivity index (χ0v) is 7.57. The maximum absolute atomic E-state index is 11.3. The van der Waals surface area contributed by atoms with Crippen molar-refractivity contribution in [3.05, 3.63) is 29.7 Å². The molecule has 1 aromatic heterocycles. The van der Waals surface area contributed by atoms with Gasteiger partial charge in [0.2, 0.25) is 0 Å². The summed E-state index contributed by atoms with van der Waals surface area (Å²) in [6, 6.07) is 2.66. The first-order valence-corrected chi connectivity index (χ1v) is 5.24. The van der Waals surface area contributed by atoms with Crippen molar-refractivity contribution in [3.63, 3.8) is 0 Å². The van der Waals surface area contributed by atoms with E-state index in [0.29, 0.717) is 4.73 Å². The lowest BCUT2D eigenvalue weighted by Gasteiger charge is -2.01. The lowest BCUT2D eigenvalue weighted by molar-refractivity contribution is -0.607. The van der Waals surface area contributed by atoms with Gasteiger partial charge in [0, 0.05) is 6.07 Å². The van der Waals surface area contributed by atoms with E-state index in [1.165, 1.54) is 18.3 Å². The first-order chi connectivity index (χ1) is 6.06. The quantitative estimate of drug-likeness (QED) is 0.509. The van der Waals surface area contributed by atoms with Crippen LogP contribution in [0.2, 0.25) is 0 Å². The van der Waals surface area contributed by atoms with E-state index in [9.17, 15) is 13.6 Å². The highest BCUT2D eigenvalue weighted by Crippen LogP contribution is 2.06. The molecule has 5 nitrogen and oxygen atoms in total. The molecule has 0 amide bonds. The van der Waals surface area contributed by atoms with Gasteiger partial charge in [-0.3, -0.25) is 0 Å². The fourth-order valence-corrected chi connectivity index (χ4v) is 1.88. The third-order valence-electron chi connectivity index (χ3n) is 1.47. The molecule has 13 heavy (non-hydrogen) atoms. The molecule has 0 bridgehead atoms. The molecule has 1 aromatic rings. The molecule has 1 heterocycles. The minimum Gasteiger partial charge on any atom is -0.619 e. The summed E-state index contributed by atoms with van der Waals surface area (Å²) in [5.74, 6) is -0.364. The average Bonchev–Trinajstić information content (AvgIpc) is 2.04. The Kier molecular flexibility index (Phi) is 2.84. The standard InChI is InChI=1S/C7H9NO4S/c9-4-5-13(11,12)7-2-1-3-8(10)6-7/h1-3,6,9H,4-5H2. The highest BCUT2D eigenvalue weighted by molar-refractivity contribution is 7.91. The number of aliphatic hydroxyl groups is 1. The van der Waals surface area contributed by atoms with Gasteiger partial charge in [-0.05, 0) is 6.07 Å². The predicted molar refractivity (Wildman–Crippen MR) is 44.5 cm³/mol. The van der Waals surface area contributed by atoms with Gasteiger partial charge in [0.1, 0.15) is 4.90 Å². The number of hydrogen-bond acceptors (Lipinski definition) is 4. The number of rotatable bonds is 3. The number of pyridine rings is 1. The van der Waals surface area contributed by atoms with Gasteiger partial charge in [-0.25, -0.2) is 8.42 Å². The molecular weight excluding hydrogens is 194 g/mol. The van der Waals surface area contributed by atoms with Crippen molar-refractivity contribution >= 4 is 9.84 Å².